The van der Waals surface area contributed by atoms with E-state index < -0.39 is 4.92 Å². The van der Waals surface area contributed by atoms with Crippen LogP contribution in [0.3, 0.4) is 0 Å². The Morgan fingerprint density at radius 2 is 1.84 bits per heavy atom. The molecule has 0 bridgehead atoms. The van der Waals surface area contributed by atoms with Gasteiger partial charge in [-0.1, -0.05) is 0 Å². The Bertz CT molecular complexity index is 1150. The molecule has 0 aliphatic carbocycles. The monoisotopic (exact) mass is 434 g/mol. The maximum Gasteiger partial charge on any atom is 0.312 e. The first-order chi connectivity index (χ1) is 15.4. The molecule has 1 aliphatic rings. The number of furan rings is 1. The van der Waals surface area contributed by atoms with E-state index in [1.165, 1.54) is 25.3 Å². The van der Waals surface area contributed by atoms with Crippen LogP contribution in [0.2, 0.25) is 0 Å². The van der Waals surface area contributed by atoms with E-state index >= 15 is 0 Å². The Hall–Kier alpha value is -3.68. The van der Waals surface area contributed by atoms with Crippen molar-refractivity contribution in [2.24, 2.45) is 0 Å². The minimum atomic E-state index is -0.421. The number of aromatic nitrogens is 2. The molecule has 0 unspecified atom stereocenters. The molecule has 1 aromatic carbocycles. The molecular weight excluding hydrogens is 408 g/mol. The fourth-order valence-electron chi connectivity index (χ4n) is 4.06. The number of benzene rings is 1. The largest absolute Gasteiger partial charge is 0.460 e. The molecule has 8 nitrogen and oxygen atoms in total. The van der Waals surface area contributed by atoms with Gasteiger partial charge in [-0.15, -0.1) is 0 Å². The van der Waals surface area contributed by atoms with E-state index in [2.05, 4.69) is 10.00 Å². The zero-order valence-electron chi connectivity index (χ0n) is 18.3. The number of ketones is 1. The Kier molecular flexibility index (Phi) is 6.20. The Labute approximate surface area is 186 Å². The molecule has 32 heavy (non-hydrogen) atoms. The third-order valence-electron chi connectivity index (χ3n) is 5.79. The average molecular weight is 434 g/mol. The standard InChI is InChI=1S/C24H26N4O4/c1-17-24(28(30)31)18(2)27(25-17)16-22-11-10-21(32-22)12-13-23(29)19-6-8-20(9-7-19)26-14-4-3-5-15-26/h6-13H,3-5,14-16H2,1-2H3/b13-12+. The quantitative estimate of drug-likeness (QED) is 0.226. The van der Waals surface area contributed by atoms with Crippen LogP contribution in [0.5, 0.6) is 0 Å². The highest BCUT2D eigenvalue weighted by Crippen LogP contribution is 2.23. The van der Waals surface area contributed by atoms with Crippen LogP contribution >= 0.6 is 0 Å². The molecule has 0 spiro atoms. The van der Waals surface area contributed by atoms with E-state index in [1.807, 2.05) is 24.3 Å². The van der Waals surface area contributed by atoms with Crippen LogP contribution in [0.1, 0.15) is 52.5 Å². The highest BCUT2D eigenvalue weighted by atomic mass is 16.6. The summed E-state index contributed by atoms with van der Waals surface area (Å²) in [6, 6.07) is 11.3. The lowest BCUT2D eigenvalue weighted by molar-refractivity contribution is -0.386. The molecule has 0 saturated carbocycles. The van der Waals surface area contributed by atoms with Crippen molar-refractivity contribution in [2.75, 3.05) is 18.0 Å². The molecule has 3 aromatic rings. The molecule has 1 fully saturated rings. The van der Waals surface area contributed by atoms with Crippen molar-refractivity contribution in [1.82, 2.24) is 9.78 Å². The highest BCUT2D eigenvalue weighted by molar-refractivity contribution is 6.06. The van der Waals surface area contributed by atoms with Gasteiger partial charge in [0.2, 0.25) is 0 Å². The van der Waals surface area contributed by atoms with Crippen molar-refractivity contribution < 1.29 is 14.1 Å². The first-order valence-corrected chi connectivity index (χ1v) is 10.8. The second kappa shape index (κ2) is 9.21. The van der Waals surface area contributed by atoms with Crippen molar-refractivity contribution in [1.29, 1.82) is 0 Å². The summed E-state index contributed by atoms with van der Waals surface area (Å²) in [5.74, 6) is 1.04. The topological polar surface area (TPSA) is 94.4 Å². The van der Waals surface area contributed by atoms with Gasteiger partial charge in [0.05, 0.1) is 11.5 Å². The van der Waals surface area contributed by atoms with Gasteiger partial charge in [0.25, 0.3) is 0 Å². The fraction of sp³-hybridized carbons (Fsp3) is 0.333. The van der Waals surface area contributed by atoms with Crippen molar-refractivity contribution in [3.8, 4) is 0 Å². The summed E-state index contributed by atoms with van der Waals surface area (Å²) in [5.41, 5.74) is 2.66. The van der Waals surface area contributed by atoms with Gasteiger partial charge in [0.1, 0.15) is 22.9 Å². The number of hydrogen-bond donors (Lipinski definition) is 0. The smallest absolute Gasteiger partial charge is 0.312 e. The van der Waals surface area contributed by atoms with Crippen LogP contribution in [0.25, 0.3) is 6.08 Å². The molecular formula is C24H26N4O4. The molecule has 0 amide bonds. The summed E-state index contributed by atoms with van der Waals surface area (Å²) in [7, 11) is 0. The molecule has 4 rings (SSSR count). The van der Waals surface area contributed by atoms with Crippen LogP contribution in [-0.4, -0.2) is 33.6 Å². The normalized spacial score (nSPS) is 14.2. The fourth-order valence-corrected chi connectivity index (χ4v) is 4.06. The number of nitro groups is 1. The number of carbonyl (C=O) groups is 1. The molecule has 2 aromatic heterocycles. The van der Waals surface area contributed by atoms with Crippen molar-refractivity contribution in [3.05, 3.63) is 81.1 Å². The lowest BCUT2D eigenvalue weighted by Gasteiger charge is -2.28. The maximum atomic E-state index is 12.5. The summed E-state index contributed by atoms with van der Waals surface area (Å²) in [6.45, 7) is 5.69. The molecule has 166 valence electrons. The molecule has 1 saturated heterocycles. The van der Waals surface area contributed by atoms with Gasteiger partial charge >= 0.3 is 5.69 Å². The number of allylic oxidation sites excluding steroid dienone is 1. The molecule has 3 heterocycles. The summed E-state index contributed by atoms with van der Waals surface area (Å²) in [6.07, 6.45) is 6.84. The van der Waals surface area contributed by atoms with Gasteiger partial charge in [0, 0.05) is 24.3 Å². The van der Waals surface area contributed by atoms with Gasteiger partial charge in [0.15, 0.2) is 5.78 Å². The van der Waals surface area contributed by atoms with E-state index in [0.29, 0.717) is 28.5 Å². The number of nitrogens with zero attached hydrogens (tertiary/aromatic N) is 4. The van der Waals surface area contributed by atoms with Gasteiger partial charge < -0.3 is 9.32 Å². The zero-order valence-corrected chi connectivity index (χ0v) is 18.3. The summed E-state index contributed by atoms with van der Waals surface area (Å²) >= 11 is 0. The molecule has 1 aliphatic heterocycles. The van der Waals surface area contributed by atoms with Crippen LogP contribution in [0.15, 0.2) is 46.9 Å². The number of hydrogen-bond acceptors (Lipinski definition) is 6. The summed E-state index contributed by atoms with van der Waals surface area (Å²) in [4.78, 5) is 25.6. The van der Waals surface area contributed by atoms with Gasteiger partial charge in [-0.2, -0.15) is 5.10 Å². The second-order valence-corrected chi connectivity index (χ2v) is 8.03. The van der Waals surface area contributed by atoms with Crippen LogP contribution in [-0.2, 0) is 6.54 Å². The number of rotatable bonds is 7. The number of carbonyl (C=O) groups excluding carboxylic acids is 1. The molecule has 0 radical (unpaired) electrons. The lowest BCUT2D eigenvalue weighted by atomic mass is 10.1. The molecule has 0 atom stereocenters. The van der Waals surface area contributed by atoms with E-state index in [-0.39, 0.29) is 18.0 Å². The molecule has 0 N–H and O–H groups in total. The van der Waals surface area contributed by atoms with Crippen LogP contribution in [0.4, 0.5) is 11.4 Å². The van der Waals surface area contributed by atoms with Crippen LogP contribution in [0, 0.1) is 24.0 Å². The number of aryl methyl sites for hydroxylation is 1. The Balaban J connectivity index is 1.40. The minimum Gasteiger partial charge on any atom is -0.460 e. The van der Waals surface area contributed by atoms with Crippen molar-refractivity contribution >= 4 is 23.2 Å². The third-order valence-corrected chi connectivity index (χ3v) is 5.79. The Morgan fingerprint density at radius 3 is 2.50 bits per heavy atom. The maximum absolute atomic E-state index is 12.5. The number of anilines is 1. The average Bonchev–Trinajstić information content (AvgIpc) is 3.36. The van der Waals surface area contributed by atoms with E-state index in [4.69, 9.17) is 4.42 Å². The summed E-state index contributed by atoms with van der Waals surface area (Å²) < 4.78 is 7.31. The first kappa shape index (κ1) is 21.5. The van der Waals surface area contributed by atoms with Gasteiger partial charge in [-0.25, -0.2) is 0 Å². The van der Waals surface area contributed by atoms with Crippen LogP contribution < -0.4 is 4.90 Å². The zero-order chi connectivity index (χ0) is 22.7. The Morgan fingerprint density at radius 1 is 1.12 bits per heavy atom. The number of piperidine rings is 1. The van der Waals surface area contributed by atoms with Crippen molar-refractivity contribution in [3.63, 3.8) is 0 Å². The molecule has 8 heteroatoms. The van der Waals surface area contributed by atoms with Gasteiger partial charge in [-0.05, 0) is 81.7 Å². The van der Waals surface area contributed by atoms with E-state index in [0.717, 1.165) is 18.8 Å². The highest BCUT2D eigenvalue weighted by Gasteiger charge is 2.22. The second-order valence-electron chi connectivity index (χ2n) is 8.03. The van der Waals surface area contributed by atoms with E-state index in [9.17, 15) is 14.9 Å². The predicted octanol–water partition coefficient (Wildman–Crippen LogP) is 4.94. The lowest BCUT2D eigenvalue weighted by Crippen LogP contribution is -2.29. The minimum absolute atomic E-state index is 0.0218. The van der Waals surface area contributed by atoms with Gasteiger partial charge in [-0.3, -0.25) is 19.6 Å². The first-order valence-electron chi connectivity index (χ1n) is 10.8. The van der Waals surface area contributed by atoms with Crippen molar-refractivity contribution in [2.45, 2.75) is 39.7 Å². The predicted molar refractivity (Wildman–Crippen MR) is 122 cm³/mol. The third kappa shape index (κ3) is 4.64. The van der Waals surface area contributed by atoms with E-state index in [1.54, 1.807) is 36.7 Å². The SMILES string of the molecule is Cc1nn(Cc2ccc(/C=C/C(=O)c3ccc(N4CCCCC4)cc3)o2)c(C)c1[N+](=O)[O-]. The summed E-state index contributed by atoms with van der Waals surface area (Å²) in [5, 5.41) is 15.4.